The Balaban J connectivity index is 1.64. The zero-order chi connectivity index (χ0) is 12.5. The molecule has 3 rings (SSSR count). The number of aliphatic carboxylic acids is 1. The summed E-state index contributed by atoms with van der Waals surface area (Å²) in [5.41, 5.74) is 0.776. The summed E-state index contributed by atoms with van der Waals surface area (Å²) in [5, 5.41) is 13.3. The van der Waals surface area contributed by atoms with Crippen LogP contribution in [0.1, 0.15) is 29.3 Å². The van der Waals surface area contributed by atoms with Crippen LogP contribution in [0.5, 0.6) is 0 Å². The maximum Gasteiger partial charge on any atom is 0.312 e. The van der Waals surface area contributed by atoms with Crippen molar-refractivity contribution in [1.29, 1.82) is 0 Å². The van der Waals surface area contributed by atoms with E-state index in [4.69, 9.17) is 9.84 Å². The van der Waals surface area contributed by atoms with Gasteiger partial charge in [-0.25, -0.2) is 4.98 Å². The van der Waals surface area contributed by atoms with Gasteiger partial charge in [-0.1, -0.05) is 0 Å². The van der Waals surface area contributed by atoms with E-state index in [-0.39, 0.29) is 0 Å². The predicted octanol–water partition coefficient (Wildman–Crippen LogP) is 1.71. The molecule has 1 aliphatic heterocycles. The Hall–Kier alpha value is -1.14. The fourth-order valence-electron chi connectivity index (χ4n) is 2.52. The lowest BCUT2D eigenvalue weighted by Gasteiger charge is -2.08. The van der Waals surface area contributed by atoms with E-state index in [0.717, 1.165) is 48.3 Å². The van der Waals surface area contributed by atoms with Gasteiger partial charge in [0.2, 0.25) is 0 Å². The van der Waals surface area contributed by atoms with Crippen molar-refractivity contribution in [1.82, 2.24) is 4.98 Å². The Kier molecular flexibility index (Phi) is 3.22. The quantitative estimate of drug-likeness (QED) is 0.869. The molecule has 2 heterocycles. The minimum atomic E-state index is -0.755. The summed E-state index contributed by atoms with van der Waals surface area (Å²) in [6, 6.07) is 0. The van der Waals surface area contributed by atoms with Crippen molar-refractivity contribution in [2.75, 3.05) is 25.1 Å². The second kappa shape index (κ2) is 4.85. The van der Waals surface area contributed by atoms with E-state index in [1.165, 1.54) is 0 Å². The van der Waals surface area contributed by atoms with Gasteiger partial charge < -0.3 is 15.2 Å². The van der Waals surface area contributed by atoms with Crippen LogP contribution >= 0.6 is 11.3 Å². The van der Waals surface area contributed by atoms with E-state index in [2.05, 4.69) is 10.3 Å². The lowest BCUT2D eigenvalue weighted by atomic mass is 10.1. The number of fused-ring (bicyclic) bond motifs is 1. The normalized spacial score (nSPS) is 26.2. The van der Waals surface area contributed by atoms with E-state index in [9.17, 15) is 4.79 Å². The molecular weight excluding hydrogens is 252 g/mol. The molecule has 0 radical (unpaired) electrons. The molecule has 1 aliphatic carbocycles. The summed E-state index contributed by atoms with van der Waals surface area (Å²) < 4.78 is 5.32. The summed E-state index contributed by atoms with van der Waals surface area (Å²) in [4.78, 5) is 16.6. The van der Waals surface area contributed by atoms with Gasteiger partial charge in [0, 0.05) is 23.9 Å². The second-order valence-corrected chi connectivity index (χ2v) is 5.95. The van der Waals surface area contributed by atoms with Crippen LogP contribution < -0.4 is 5.32 Å². The van der Waals surface area contributed by atoms with Crippen LogP contribution in [0.15, 0.2) is 0 Å². The van der Waals surface area contributed by atoms with E-state index in [1.54, 1.807) is 11.3 Å². The van der Waals surface area contributed by atoms with Gasteiger partial charge in [0.05, 0.1) is 12.3 Å². The number of nitrogens with zero attached hydrogens (tertiary/aromatic N) is 1. The molecule has 98 valence electrons. The third-order valence-corrected chi connectivity index (χ3v) is 4.67. The van der Waals surface area contributed by atoms with Crippen molar-refractivity contribution >= 4 is 22.4 Å². The first kappa shape index (κ1) is 11.9. The second-order valence-electron chi connectivity index (χ2n) is 4.87. The number of nitrogens with one attached hydrogen (secondary N) is 1. The monoisotopic (exact) mass is 268 g/mol. The number of ether oxygens (including phenoxy) is 1. The molecule has 1 saturated heterocycles. The van der Waals surface area contributed by atoms with Crippen LogP contribution in [0.2, 0.25) is 0 Å². The van der Waals surface area contributed by atoms with E-state index in [1.807, 2.05) is 0 Å². The van der Waals surface area contributed by atoms with Crippen molar-refractivity contribution in [2.45, 2.75) is 25.2 Å². The molecule has 6 heteroatoms. The molecule has 2 aliphatic rings. The Morgan fingerprint density at radius 1 is 1.56 bits per heavy atom. The van der Waals surface area contributed by atoms with Gasteiger partial charge in [-0.3, -0.25) is 4.79 Å². The van der Waals surface area contributed by atoms with Crippen molar-refractivity contribution in [3.63, 3.8) is 0 Å². The van der Waals surface area contributed by atoms with E-state index < -0.39 is 11.9 Å². The lowest BCUT2D eigenvalue weighted by Crippen LogP contribution is -2.14. The Morgan fingerprint density at radius 3 is 3.17 bits per heavy atom. The SMILES string of the molecule is O=C(O)C1CCc2sc(NCC3CCOC3)nc21. The van der Waals surface area contributed by atoms with Crippen LogP contribution in [0, 0.1) is 5.92 Å². The summed E-state index contributed by atoms with van der Waals surface area (Å²) in [7, 11) is 0. The summed E-state index contributed by atoms with van der Waals surface area (Å²) >= 11 is 1.60. The minimum absolute atomic E-state index is 0.401. The number of hydrogen-bond acceptors (Lipinski definition) is 5. The van der Waals surface area contributed by atoms with Gasteiger partial charge in [0.25, 0.3) is 0 Å². The molecule has 1 fully saturated rings. The summed E-state index contributed by atoms with van der Waals surface area (Å²) in [6.45, 7) is 2.53. The summed E-state index contributed by atoms with van der Waals surface area (Å²) in [6.07, 6.45) is 2.63. The molecule has 0 spiro atoms. The Labute approximate surface area is 109 Å². The van der Waals surface area contributed by atoms with Gasteiger partial charge in [0.1, 0.15) is 5.92 Å². The number of hydrogen-bond donors (Lipinski definition) is 2. The van der Waals surface area contributed by atoms with Gasteiger partial charge in [-0.15, -0.1) is 11.3 Å². The first-order valence-corrected chi connectivity index (χ1v) is 7.09. The van der Waals surface area contributed by atoms with Crippen molar-refractivity contribution in [2.24, 2.45) is 5.92 Å². The maximum absolute atomic E-state index is 11.1. The molecule has 0 aromatic carbocycles. The molecular formula is C12H16N2O3S. The lowest BCUT2D eigenvalue weighted by molar-refractivity contribution is -0.138. The van der Waals surface area contributed by atoms with Crippen LogP contribution in [-0.2, 0) is 16.0 Å². The predicted molar refractivity (Wildman–Crippen MR) is 68.2 cm³/mol. The number of carboxylic acids is 1. The Bertz CT molecular complexity index is 454. The third kappa shape index (κ3) is 2.22. The fraction of sp³-hybridized carbons (Fsp3) is 0.667. The van der Waals surface area contributed by atoms with Gasteiger partial charge in [-0.2, -0.15) is 0 Å². The molecule has 0 saturated carbocycles. The molecule has 1 aromatic rings. The molecule has 2 atom stereocenters. The highest BCUT2D eigenvalue weighted by Gasteiger charge is 2.32. The molecule has 2 unspecified atom stereocenters. The summed E-state index contributed by atoms with van der Waals surface area (Å²) in [5.74, 6) is -0.601. The number of carboxylic acid groups (broad SMARTS) is 1. The standard InChI is InChI=1S/C12H16N2O3S/c15-11(16)8-1-2-9-10(8)14-12(18-9)13-5-7-3-4-17-6-7/h7-8H,1-6H2,(H,13,14)(H,15,16). The first-order chi connectivity index (χ1) is 8.74. The van der Waals surface area contributed by atoms with Crippen molar-refractivity contribution in [3.05, 3.63) is 10.6 Å². The fourth-order valence-corrected chi connectivity index (χ4v) is 3.56. The Morgan fingerprint density at radius 2 is 2.44 bits per heavy atom. The highest BCUT2D eigenvalue weighted by Crippen LogP contribution is 2.38. The molecule has 5 nitrogen and oxygen atoms in total. The van der Waals surface area contributed by atoms with Crippen LogP contribution in [0.3, 0.4) is 0 Å². The molecule has 1 aromatic heterocycles. The van der Waals surface area contributed by atoms with Crippen LogP contribution in [0.25, 0.3) is 0 Å². The average Bonchev–Trinajstić information content (AvgIpc) is 3.02. The minimum Gasteiger partial charge on any atom is -0.481 e. The van der Waals surface area contributed by atoms with Crippen LogP contribution in [-0.4, -0.2) is 35.8 Å². The van der Waals surface area contributed by atoms with E-state index >= 15 is 0 Å². The highest BCUT2D eigenvalue weighted by molar-refractivity contribution is 7.15. The largest absolute Gasteiger partial charge is 0.481 e. The number of rotatable bonds is 4. The topological polar surface area (TPSA) is 71.5 Å². The number of thiazole rings is 1. The number of anilines is 1. The van der Waals surface area contributed by atoms with Crippen LogP contribution in [0.4, 0.5) is 5.13 Å². The van der Waals surface area contributed by atoms with Gasteiger partial charge in [-0.05, 0) is 19.3 Å². The highest BCUT2D eigenvalue weighted by atomic mass is 32.1. The first-order valence-electron chi connectivity index (χ1n) is 6.28. The molecule has 18 heavy (non-hydrogen) atoms. The average molecular weight is 268 g/mol. The molecule has 0 bridgehead atoms. The third-order valence-electron chi connectivity index (χ3n) is 3.58. The van der Waals surface area contributed by atoms with Gasteiger partial charge in [0.15, 0.2) is 5.13 Å². The number of aryl methyl sites for hydroxylation is 1. The zero-order valence-corrected chi connectivity index (χ0v) is 10.8. The number of aromatic nitrogens is 1. The molecule has 0 amide bonds. The smallest absolute Gasteiger partial charge is 0.312 e. The van der Waals surface area contributed by atoms with Gasteiger partial charge >= 0.3 is 5.97 Å². The van der Waals surface area contributed by atoms with Crippen molar-refractivity contribution < 1.29 is 14.6 Å². The van der Waals surface area contributed by atoms with Crippen molar-refractivity contribution in [3.8, 4) is 0 Å². The molecule has 2 N–H and O–H groups in total. The maximum atomic E-state index is 11.1. The number of carbonyl (C=O) groups is 1. The zero-order valence-electron chi connectivity index (χ0n) is 10.0. The van der Waals surface area contributed by atoms with E-state index in [0.29, 0.717) is 12.3 Å².